The van der Waals surface area contributed by atoms with Gasteiger partial charge in [0.1, 0.15) is 17.0 Å². The molecular weight excluding hydrogens is 368 g/mol. The van der Waals surface area contributed by atoms with E-state index in [1.165, 1.54) is 18.2 Å². The number of carbonyl (C=O) groups is 1. The third-order valence-corrected chi connectivity index (χ3v) is 4.61. The third kappa shape index (κ3) is 2.94. The van der Waals surface area contributed by atoms with Gasteiger partial charge in [0.25, 0.3) is 0 Å². The number of pyridine rings is 1. The number of ether oxygens (including phenoxy) is 1. The highest BCUT2D eigenvalue weighted by Gasteiger charge is 2.20. The van der Waals surface area contributed by atoms with Gasteiger partial charge in [0, 0.05) is 16.3 Å². The minimum Gasteiger partial charge on any atom is -0.478 e. The highest BCUT2D eigenvalue weighted by Crippen LogP contribution is 2.35. The fourth-order valence-electron chi connectivity index (χ4n) is 3.35. The molecule has 2 aromatic heterocycles. The van der Waals surface area contributed by atoms with E-state index in [1.54, 1.807) is 6.92 Å². The molecule has 2 aromatic carbocycles. The molecule has 5 nitrogen and oxygen atoms in total. The fraction of sp³-hybridized carbons (Fsp3) is 0.143. The van der Waals surface area contributed by atoms with Gasteiger partial charge in [-0.2, -0.15) is 8.78 Å². The molecule has 7 heteroatoms. The summed E-state index contributed by atoms with van der Waals surface area (Å²) in [6, 6.07) is 11.5. The van der Waals surface area contributed by atoms with Crippen LogP contribution in [0.1, 0.15) is 21.5 Å². The summed E-state index contributed by atoms with van der Waals surface area (Å²) in [6.07, 6.45) is 0. The zero-order valence-corrected chi connectivity index (χ0v) is 15.0. The van der Waals surface area contributed by atoms with Crippen molar-refractivity contribution in [3.63, 3.8) is 0 Å². The maximum absolute atomic E-state index is 12.6. The number of carboxylic acids is 1. The number of nitrogens with zero attached hydrogens (tertiary/aromatic N) is 1. The molecule has 28 heavy (non-hydrogen) atoms. The van der Waals surface area contributed by atoms with Gasteiger partial charge in [-0.05, 0) is 43.7 Å². The first-order chi connectivity index (χ1) is 13.3. The van der Waals surface area contributed by atoms with Crippen LogP contribution in [0, 0.1) is 13.8 Å². The number of rotatable bonds is 4. The highest BCUT2D eigenvalue weighted by molar-refractivity contribution is 6.05. The van der Waals surface area contributed by atoms with Crippen molar-refractivity contribution < 1.29 is 27.8 Å². The SMILES string of the molecule is Cc1c(-c2cc(C(=O)O)c3cc(OC(F)F)cc(C)c3n2)oc2ccccc12. The number of halogens is 2. The molecule has 0 amide bonds. The van der Waals surface area contributed by atoms with Crippen molar-refractivity contribution >= 4 is 27.8 Å². The van der Waals surface area contributed by atoms with E-state index in [0.29, 0.717) is 28.1 Å². The van der Waals surface area contributed by atoms with E-state index in [-0.39, 0.29) is 16.7 Å². The van der Waals surface area contributed by atoms with Gasteiger partial charge in [0.15, 0.2) is 5.76 Å². The van der Waals surface area contributed by atoms with Crippen molar-refractivity contribution in [2.75, 3.05) is 0 Å². The molecule has 0 saturated heterocycles. The maximum atomic E-state index is 12.6. The molecule has 0 atom stereocenters. The number of benzene rings is 2. The second-order valence-corrected chi connectivity index (χ2v) is 6.43. The van der Waals surface area contributed by atoms with Crippen molar-refractivity contribution in [3.05, 3.63) is 59.2 Å². The molecule has 0 bridgehead atoms. The van der Waals surface area contributed by atoms with Crippen molar-refractivity contribution in [1.82, 2.24) is 4.98 Å². The number of aromatic nitrogens is 1. The topological polar surface area (TPSA) is 72.6 Å². The minimum atomic E-state index is -3.00. The van der Waals surface area contributed by atoms with E-state index in [2.05, 4.69) is 9.72 Å². The van der Waals surface area contributed by atoms with Crippen LogP contribution in [0.3, 0.4) is 0 Å². The highest BCUT2D eigenvalue weighted by atomic mass is 19.3. The number of alkyl halides is 2. The Kier molecular flexibility index (Phi) is 4.22. The van der Waals surface area contributed by atoms with Crippen LogP contribution in [-0.4, -0.2) is 22.7 Å². The van der Waals surface area contributed by atoms with Gasteiger partial charge in [0.05, 0.1) is 11.1 Å². The molecule has 1 N–H and O–H groups in total. The lowest BCUT2D eigenvalue weighted by atomic mass is 10.0. The quantitative estimate of drug-likeness (QED) is 0.499. The first kappa shape index (κ1) is 17.9. The summed E-state index contributed by atoms with van der Waals surface area (Å²) >= 11 is 0. The molecule has 0 fully saturated rings. The van der Waals surface area contributed by atoms with E-state index in [0.717, 1.165) is 10.9 Å². The Balaban J connectivity index is 1.99. The molecule has 0 radical (unpaired) electrons. The van der Waals surface area contributed by atoms with Gasteiger partial charge < -0.3 is 14.3 Å². The van der Waals surface area contributed by atoms with Crippen LogP contribution in [0.4, 0.5) is 8.78 Å². The van der Waals surface area contributed by atoms with Crippen molar-refractivity contribution in [2.24, 2.45) is 0 Å². The first-order valence-corrected chi connectivity index (χ1v) is 8.47. The zero-order valence-electron chi connectivity index (χ0n) is 15.0. The smallest absolute Gasteiger partial charge is 0.387 e. The number of aryl methyl sites for hydroxylation is 2. The van der Waals surface area contributed by atoms with E-state index >= 15 is 0 Å². The van der Waals surface area contributed by atoms with E-state index < -0.39 is 12.6 Å². The number of para-hydroxylation sites is 1. The normalized spacial score (nSPS) is 11.5. The summed E-state index contributed by atoms with van der Waals surface area (Å²) in [4.78, 5) is 16.4. The molecule has 0 saturated carbocycles. The second-order valence-electron chi connectivity index (χ2n) is 6.43. The Bertz CT molecular complexity index is 1230. The fourth-order valence-corrected chi connectivity index (χ4v) is 3.35. The van der Waals surface area contributed by atoms with Gasteiger partial charge in [0.2, 0.25) is 0 Å². The largest absolute Gasteiger partial charge is 0.478 e. The van der Waals surface area contributed by atoms with E-state index in [4.69, 9.17) is 4.42 Å². The number of aromatic carboxylic acids is 1. The summed E-state index contributed by atoms with van der Waals surface area (Å²) in [5.74, 6) is -0.842. The molecule has 4 rings (SSSR count). The average molecular weight is 383 g/mol. The summed E-state index contributed by atoms with van der Waals surface area (Å²) in [5, 5.41) is 10.8. The van der Waals surface area contributed by atoms with Crippen LogP contribution in [0.5, 0.6) is 5.75 Å². The van der Waals surface area contributed by atoms with Crippen LogP contribution < -0.4 is 4.74 Å². The number of fused-ring (bicyclic) bond motifs is 2. The summed E-state index contributed by atoms with van der Waals surface area (Å²) in [5.41, 5.74) is 2.72. The van der Waals surface area contributed by atoms with Gasteiger partial charge in [-0.3, -0.25) is 0 Å². The lowest BCUT2D eigenvalue weighted by molar-refractivity contribution is -0.0497. The second kappa shape index (κ2) is 6.60. The third-order valence-electron chi connectivity index (χ3n) is 4.61. The lowest BCUT2D eigenvalue weighted by Gasteiger charge is -2.11. The van der Waals surface area contributed by atoms with E-state index in [9.17, 15) is 18.7 Å². The van der Waals surface area contributed by atoms with Crippen molar-refractivity contribution in [1.29, 1.82) is 0 Å². The predicted molar refractivity (Wildman–Crippen MR) is 100 cm³/mol. The van der Waals surface area contributed by atoms with Gasteiger partial charge >= 0.3 is 12.6 Å². The first-order valence-electron chi connectivity index (χ1n) is 8.47. The van der Waals surface area contributed by atoms with Gasteiger partial charge in [-0.1, -0.05) is 18.2 Å². The Morgan fingerprint density at radius 2 is 1.89 bits per heavy atom. The summed E-state index contributed by atoms with van der Waals surface area (Å²) < 4.78 is 35.5. The molecule has 0 unspecified atom stereocenters. The minimum absolute atomic E-state index is 0.0670. The Hall–Kier alpha value is -3.48. The summed E-state index contributed by atoms with van der Waals surface area (Å²) in [7, 11) is 0. The molecule has 142 valence electrons. The standard InChI is InChI=1S/C21H15F2NO4/c1-10-7-12(27-21(22)23)8-14-15(20(25)26)9-16(24-18(10)14)19-11(2)13-5-3-4-6-17(13)28-19/h3-9,21H,1-2H3,(H,25,26). The molecular formula is C21H15F2NO4. The molecule has 0 aliphatic rings. The molecule has 2 heterocycles. The van der Waals surface area contributed by atoms with Crippen LogP contribution in [0.15, 0.2) is 46.9 Å². The van der Waals surface area contributed by atoms with Crippen LogP contribution in [0.25, 0.3) is 33.3 Å². The predicted octanol–water partition coefficient (Wildman–Crippen LogP) is 5.56. The number of furan rings is 1. The van der Waals surface area contributed by atoms with Crippen molar-refractivity contribution in [2.45, 2.75) is 20.5 Å². The molecule has 0 aliphatic carbocycles. The number of carboxylic acid groups (broad SMARTS) is 1. The summed E-state index contributed by atoms with van der Waals surface area (Å²) in [6.45, 7) is 0.532. The van der Waals surface area contributed by atoms with Gasteiger partial charge in [-0.25, -0.2) is 9.78 Å². The van der Waals surface area contributed by atoms with Gasteiger partial charge in [-0.15, -0.1) is 0 Å². The van der Waals surface area contributed by atoms with Crippen LogP contribution >= 0.6 is 0 Å². The average Bonchev–Trinajstić information content (AvgIpc) is 2.97. The number of hydrogen-bond acceptors (Lipinski definition) is 4. The Morgan fingerprint density at radius 3 is 2.57 bits per heavy atom. The number of hydrogen-bond donors (Lipinski definition) is 1. The monoisotopic (exact) mass is 383 g/mol. The lowest BCUT2D eigenvalue weighted by Crippen LogP contribution is -2.05. The Morgan fingerprint density at radius 1 is 1.14 bits per heavy atom. The molecule has 4 aromatic rings. The van der Waals surface area contributed by atoms with Crippen LogP contribution in [0.2, 0.25) is 0 Å². The van der Waals surface area contributed by atoms with Crippen molar-refractivity contribution in [3.8, 4) is 17.2 Å². The molecule has 0 aliphatic heterocycles. The Labute approximate surface area is 158 Å². The molecule has 0 spiro atoms. The maximum Gasteiger partial charge on any atom is 0.387 e. The van der Waals surface area contributed by atoms with E-state index in [1.807, 2.05) is 31.2 Å². The van der Waals surface area contributed by atoms with Crippen LogP contribution in [-0.2, 0) is 0 Å². The zero-order chi connectivity index (χ0) is 20.0.